The van der Waals surface area contributed by atoms with Gasteiger partial charge in [0.1, 0.15) is 0 Å². The van der Waals surface area contributed by atoms with Crippen molar-refractivity contribution in [2.75, 3.05) is 5.32 Å². The minimum Gasteiger partial charge on any atom is -0.323 e. The first kappa shape index (κ1) is 14.7. The van der Waals surface area contributed by atoms with Gasteiger partial charge in [0.2, 0.25) is 5.91 Å². The van der Waals surface area contributed by atoms with Crippen molar-refractivity contribution in [2.45, 2.75) is 26.3 Å². The second-order valence-electron chi connectivity index (χ2n) is 4.60. The van der Waals surface area contributed by atoms with E-state index < -0.39 is 4.92 Å². The Bertz CT molecular complexity index is 651. The molecule has 0 aliphatic carbocycles. The van der Waals surface area contributed by atoms with Gasteiger partial charge < -0.3 is 5.32 Å². The first-order chi connectivity index (χ1) is 10.1. The highest BCUT2D eigenvalue weighted by Crippen LogP contribution is 2.18. The van der Waals surface area contributed by atoms with Crippen LogP contribution in [-0.4, -0.2) is 20.6 Å². The molecule has 0 aliphatic heterocycles. The minimum absolute atomic E-state index is 0.0455. The topological polar surface area (TPSA) is 90.1 Å². The molecule has 0 aliphatic rings. The van der Waals surface area contributed by atoms with Crippen LogP contribution >= 0.6 is 0 Å². The number of nitrogens with one attached hydrogen (secondary N) is 1. The van der Waals surface area contributed by atoms with E-state index in [1.165, 1.54) is 6.07 Å². The average molecular weight is 288 g/mol. The van der Waals surface area contributed by atoms with Crippen LogP contribution in [0.15, 0.2) is 36.7 Å². The van der Waals surface area contributed by atoms with Gasteiger partial charge in [-0.3, -0.25) is 19.6 Å². The zero-order valence-electron chi connectivity index (χ0n) is 11.7. The monoisotopic (exact) mass is 288 g/mol. The van der Waals surface area contributed by atoms with Gasteiger partial charge in [0.05, 0.1) is 23.2 Å². The van der Waals surface area contributed by atoms with Crippen molar-refractivity contribution in [3.05, 3.63) is 52.3 Å². The molecule has 0 fully saturated rings. The summed E-state index contributed by atoms with van der Waals surface area (Å²) in [6, 6.07) is 6.23. The molecule has 1 aromatic heterocycles. The van der Waals surface area contributed by atoms with Crippen molar-refractivity contribution in [2.24, 2.45) is 0 Å². The lowest BCUT2D eigenvalue weighted by molar-refractivity contribution is -0.385. The molecule has 0 saturated heterocycles. The molecule has 0 bridgehead atoms. The molecule has 7 nitrogen and oxygen atoms in total. The van der Waals surface area contributed by atoms with Gasteiger partial charge in [0.15, 0.2) is 0 Å². The number of aryl methyl sites for hydroxylation is 1. The Balaban J connectivity index is 2.03. The fourth-order valence-corrected chi connectivity index (χ4v) is 2.00. The van der Waals surface area contributed by atoms with Crippen LogP contribution in [0, 0.1) is 10.1 Å². The SMILES string of the molecule is CCCn1cc(NC(=O)Cc2ccccc2[N+](=O)[O-])cn1. The number of para-hydroxylation sites is 1. The maximum absolute atomic E-state index is 12.0. The van der Waals surface area contributed by atoms with E-state index in [2.05, 4.69) is 10.4 Å². The van der Waals surface area contributed by atoms with Crippen molar-refractivity contribution >= 4 is 17.3 Å². The van der Waals surface area contributed by atoms with Crippen LogP contribution in [0.3, 0.4) is 0 Å². The van der Waals surface area contributed by atoms with Gasteiger partial charge in [-0.2, -0.15) is 5.10 Å². The lowest BCUT2D eigenvalue weighted by atomic mass is 10.1. The van der Waals surface area contributed by atoms with E-state index in [1.807, 2.05) is 6.92 Å². The Labute approximate surface area is 121 Å². The lowest BCUT2D eigenvalue weighted by Crippen LogP contribution is -2.14. The number of rotatable bonds is 6. The highest BCUT2D eigenvalue weighted by Gasteiger charge is 2.15. The van der Waals surface area contributed by atoms with Crippen LogP contribution in [0.25, 0.3) is 0 Å². The van der Waals surface area contributed by atoms with Crippen LogP contribution in [0.5, 0.6) is 0 Å². The summed E-state index contributed by atoms with van der Waals surface area (Å²) in [5.41, 5.74) is 0.933. The first-order valence-electron chi connectivity index (χ1n) is 6.64. The number of hydrogen-bond donors (Lipinski definition) is 1. The molecule has 1 heterocycles. The van der Waals surface area contributed by atoms with Gasteiger partial charge in [0.25, 0.3) is 5.69 Å². The predicted octanol–water partition coefficient (Wildman–Crippen LogP) is 2.38. The van der Waals surface area contributed by atoms with Gasteiger partial charge in [-0.25, -0.2) is 0 Å². The Hall–Kier alpha value is -2.70. The standard InChI is InChI=1S/C14H16N4O3/c1-2-7-17-10-12(9-15-17)16-14(19)8-11-5-3-4-6-13(11)18(20)21/h3-6,9-10H,2,7-8H2,1H3,(H,16,19). The normalized spacial score (nSPS) is 10.3. The molecule has 1 N–H and O–H groups in total. The van der Waals surface area contributed by atoms with E-state index in [0.29, 0.717) is 11.3 Å². The minimum atomic E-state index is -0.484. The van der Waals surface area contributed by atoms with Crippen LogP contribution in [0.1, 0.15) is 18.9 Å². The van der Waals surface area contributed by atoms with Gasteiger partial charge in [0, 0.05) is 24.4 Å². The van der Waals surface area contributed by atoms with E-state index >= 15 is 0 Å². The fraction of sp³-hybridized carbons (Fsp3) is 0.286. The van der Waals surface area contributed by atoms with Crippen molar-refractivity contribution in [1.29, 1.82) is 0 Å². The van der Waals surface area contributed by atoms with E-state index in [4.69, 9.17) is 0 Å². The maximum Gasteiger partial charge on any atom is 0.273 e. The fourth-order valence-electron chi connectivity index (χ4n) is 2.00. The van der Waals surface area contributed by atoms with Crippen molar-refractivity contribution in [1.82, 2.24) is 9.78 Å². The first-order valence-corrected chi connectivity index (χ1v) is 6.64. The molecule has 0 unspecified atom stereocenters. The Morgan fingerprint density at radius 1 is 1.43 bits per heavy atom. The Morgan fingerprint density at radius 3 is 2.90 bits per heavy atom. The summed E-state index contributed by atoms with van der Waals surface area (Å²) in [5.74, 6) is -0.305. The van der Waals surface area contributed by atoms with E-state index in [9.17, 15) is 14.9 Å². The molecule has 1 amide bonds. The number of carbonyl (C=O) groups excluding carboxylic acids is 1. The van der Waals surface area contributed by atoms with E-state index in [1.54, 1.807) is 35.3 Å². The van der Waals surface area contributed by atoms with Crippen LogP contribution in [-0.2, 0) is 17.8 Å². The van der Waals surface area contributed by atoms with Crippen molar-refractivity contribution in [3.8, 4) is 0 Å². The number of carbonyl (C=O) groups is 1. The van der Waals surface area contributed by atoms with Crippen molar-refractivity contribution < 1.29 is 9.72 Å². The van der Waals surface area contributed by atoms with E-state index in [-0.39, 0.29) is 18.0 Å². The number of nitrogens with zero attached hydrogens (tertiary/aromatic N) is 3. The van der Waals surface area contributed by atoms with Crippen LogP contribution in [0.4, 0.5) is 11.4 Å². The third-order valence-electron chi connectivity index (χ3n) is 2.91. The summed E-state index contributed by atoms with van der Waals surface area (Å²) in [6.07, 6.45) is 4.20. The molecule has 2 rings (SSSR count). The number of benzene rings is 1. The summed E-state index contributed by atoms with van der Waals surface area (Å²) in [5, 5.41) is 17.7. The highest BCUT2D eigenvalue weighted by molar-refractivity contribution is 5.92. The van der Waals surface area contributed by atoms with Crippen LogP contribution in [0.2, 0.25) is 0 Å². The summed E-state index contributed by atoms with van der Waals surface area (Å²) < 4.78 is 1.74. The number of nitro groups is 1. The third kappa shape index (κ3) is 3.88. The molecule has 0 radical (unpaired) electrons. The third-order valence-corrected chi connectivity index (χ3v) is 2.91. The Kier molecular flexibility index (Phi) is 4.65. The summed E-state index contributed by atoms with van der Waals surface area (Å²) >= 11 is 0. The molecule has 1 aromatic carbocycles. The lowest BCUT2D eigenvalue weighted by Gasteiger charge is -2.03. The number of aromatic nitrogens is 2. The Morgan fingerprint density at radius 2 is 2.19 bits per heavy atom. The largest absolute Gasteiger partial charge is 0.323 e. The maximum atomic E-state index is 12.0. The smallest absolute Gasteiger partial charge is 0.273 e. The molecule has 0 atom stereocenters. The van der Waals surface area contributed by atoms with Crippen molar-refractivity contribution in [3.63, 3.8) is 0 Å². The van der Waals surface area contributed by atoms with Gasteiger partial charge in [-0.15, -0.1) is 0 Å². The van der Waals surface area contributed by atoms with Gasteiger partial charge in [-0.05, 0) is 6.42 Å². The second kappa shape index (κ2) is 6.65. The molecule has 0 spiro atoms. The summed E-state index contributed by atoms with van der Waals surface area (Å²) in [7, 11) is 0. The molecule has 110 valence electrons. The number of hydrogen-bond acceptors (Lipinski definition) is 4. The molecular formula is C14H16N4O3. The zero-order valence-corrected chi connectivity index (χ0v) is 11.7. The molecule has 21 heavy (non-hydrogen) atoms. The zero-order chi connectivity index (χ0) is 15.2. The van der Waals surface area contributed by atoms with Crippen LogP contribution < -0.4 is 5.32 Å². The molecule has 7 heteroatoms. The quantitative estimate of drug-likeness (QED) is 0.652. The number of anilines is 1. The molecular weight excluding hydrogens is 272 g/mol. The molecule has 0 saturated carbocycles. The summed E-state index contributed by atoms with van der Waals surface area (Å²) in [6.45, 7) is 2.81. The highest BCUT2D eigenvalue weighted by atomic mass is 16.6. The molecule has 2 aromatic rings. The van der Waals surface area contributed by atoms with Gasteiger partial charge >= 0.3 is 0 Å². The van der Waals surface area contributed by atoms with E-state index in [0.717, 1.165) is 13.0 Å². The van der Waals surface area contributed by atoms with Gasteiger partial charge in [-0.1, -0.05) is 25.1 Å². The average Bonchev–Trinajstić information content (AvgIpc) is 2.86. The predicted molar refractivity (Wildman–Crippen MR) is 77.9 cm³/mol. The number of nitro benzene ring substituents is 1. The second-order valence-corrected chi connectivity index (χ2v) is 4.60. The number of amides is 1. The summed E-state index contributed by atoms with van der Waals surface area (Å²) in [4.78, 5) is 22.4.